The van der Waals surface area contributed by atoms with E-state index in [4.69, 9.17) is 21.1 Å². The van der Waals surface area contributed by atoms with Crippen LogP contribution in [0.2, 0.25) is 5.02 Å². The van der Waals surface area contributed by atoms with Crippen molar-refractivity contribution in [2.24, 2.45) is 0 Å². The molecule has 1 aliphatic heterocycles. The Morgan fingerprint density at radius 1 is 1.25 bits per heavy atom. The van der Waals surface area contributed by atoms with Crippen molar-refractivity contribution in [3.05, 3.63) is 28.6 Å². The number of hydrogen-bond acceptors (Lipinski definition) is 5. The predicted molar refractivity (Wildman–Crippen MR) is 97.5 cm³/mol. The van der Waals surface area contributed by atoms with E-state index < -0.39 is 0 Å². The van der Waals surface area contributed by atoms with Crippen LogP contribution in [0.5, 0.6) is 11.6 Å². The van der Waals surface area contributed by atoms with Gasteiger partial charge < -0.3 is 14.8 Å². The highest BCUT2D eigenvalue weighted by atomic mass is 35.5. The molecule has 24 heavy (non-hydrogen) atoms. The lowest BCUT2D eigenvalue weighted by Gasteiger charge is -2.22. The van der Waals surface area contributed by atoms with E-state index in [1.807, 2.05) is 18.2 Å². The van der Waals surface area contributed by atoms with Gasteiger partial charge in [-0.25, -0.2) is 0 Å². The summed E-state index contributed by atoms with van der Waals surface area (Å²) in [6.45, 7) is 1.99. The molecule has 1 aromatic carbocycles. The highest BCUT2D eigenvalue weighted by molar-refractivity contribution is 7.18. The van der Waals surface area contributed by atoms with Crippen LogP contribution in [-0.4, -0.2) is 36.5 Å². The molecule has 3 aromatic rings. The Kier molecular flexibility index (Phi) is 4.35. The molecule has 2 aromatic heterocycles. The van der Waals surface area contributed by atoms with Gasteiger partial charge in [-0.05, 0) is 44.1 Å². The highest BCUT2D eigenvalue weighted by Gasteiger charge is 2.20. The molecule has 1 aliphatic rings. The number of aromatic nitrogens is 2. The first-order valence-corrected chi connectivity index (χ1v) is 9.19. The van der Waals surface area contributed by atoms with E-state index in [-0.39, 0.29) is 6.10 Å². The second-order valence-electron chi connectivity index (χ2n) is 5.80. The summed E-state index contributed by atoms with van der Waals surface area (Å²) < 4.78 is 12.4. The number of halogens is 1. The predicted octanol–water partition coefficient (Wildman–Crippen LogP) is 4.08. The lowest BCUT2D eigenvalue weighted by atomic mass is 10.1. The van der Waals surface area contributed by atoms with Crippen molar-refractivity contribution in [2.75, 3.05) is 20.2 Å². The molecule has 0 bridgehead atoms. The maximum atomic E-state index is 6.41. The van der Waals surface area contributed by atoms with E-state index in [1.54, 1.807) is 18.4 Å². The van der Waals surface area contributed by atoms with Gasteiger partial charge in [0, 0.05) is 16.5 Å². The third kappa shape index (κ3) is 2.85. The first-order chi connectivity index (χ1) is 11.8. The van der Waals surface area contributed by atoms with Crippen LogP contribution in [0.25, 0.3) is 21.3 Å². The SMILES string of the molecule is COc1ccc(-c2csc3c(OC4CCNCC4)n[nH]c23)c(Cl)c1. The summed E-state index contributed by atoms with van der Waals surface area (Å²) in [5.74, 6) is 1.44. The molecule has 2 N–H and O–H groups in total. The van der Waals surface area contributed by atoms with Crippen molar-refractivity contribution in [1.82, 2.24) is 15.5 Å². The summed E-state index contributed by atoms with van der Waals surface area (Å²) in [7, 11) is 1.63. The van der Waals surface area contributed by atoms with Crippen molar-refractivity contribution < 1.29 is 9.47 Å². The largest absolute Gasteiger partial charge is 0.497 e. The molecule has 4 rings (SSSR count). The average molecular weight is 364 g/mol. The van der Waals surface area contributed by atoms with Crippen LogP contribution in [0.1, 0.15) is 12.8 Å². The van der Waals surface area contributed by atoms with Crippen LogP contribution in [0.15, 0.2) is 23.6 Å². The van der Waals surface area contributed by atoms with E-state index in [0.29, 0.717) is 10.9 Å². The smallest absolute Gasteiger partial charge is 0.251 e. The maximum Gasteiger partial charge on any atom is 0.251 e. The number of aromatic amines is 1. The van der Waals surface area contributed by atoms with Crippen molar-refractivity contribution in [3.8, 4) is 22.8 Å². The summed E-state index contributed by atoms with van der Waals surface area (Å²) in [4.78, 5) is 0. The Morgan fingerprint density at radius 3 is 2.83 bits per heavy atom. The Balaban J connectivity index is 1.66. The average Bonchev–Trinajstić information content (AvgIpc) is 3.19. The molecule has 1 fully saturated rings. The number of rotatable bonds is 4. The molecule has 0 unspecified atom stereocenters. The van der Waals surface area contributed by atoms with E-state index >= 15 is 0 Å². The Bertz CT molecular complexity index is 855. The molecule has 0 aliphatic carbocycles. The van der Waals surface area contributed by atoms with Crippen molar-refractivity contribution in [2.45, 2.75) is 18.9 Å². The van der Waals surface area contributed by atoms with Gasteiger partial charge in [-0.3, -0.25) is 5.10 Å². The summed E-state index contributed by atoms with van der Waals surface area (Å²) in [5.41, 5.74) is 2.96. The van der Waals surface area contributed by atoms with Gasteiger partial charge in [-0.1, -0.05) is 11.6 Å². The molecule has 7 heteroatoms. The quantitative estimate of drug-likeness (QED) is 0.733. The van der Waals surface area contributed by atoms with E-state index in [1.165, 1.54) is 0 Å². The van der Waals surface area contributed by atoms with Crippen LogP contribution >= 0.6 is 22.9 Å². The number of ether oxygens (including phenoxy) is 2. The van der Waals surface area contributed by atoms with Crippen LogP contribution < -0.4 is 14.8 Å². The number of methoxy groups -OCH3 is 1. The summed E-state index contributed by atoms with van der Waals surface area (Å²) >= 11 is 8.04. The first kappa shape index (κ1) is 15.7. The van der Waals surface area contributed by atoms with Gasteiger partial charge in [-0.2, -0.15) is 0 Å². The lowest BCUT2D eigenvalue weighted by molar-refractivity contribution is 0.158. The second-order valence-corrected chi connectivity index (χ2v) is 7.08. The van der Waals surface area contributed by atoms with E-state index in [0.717, 1.165) is 53.0 Å². The molecule has 3 heterocycles. The number of thiophene rings is 1. The molecule has 0 saturated carbocycles. The summed E-state index contributed by atoms with van der Waals surface area (Å²) in [6, 6.07) is 5.70. The van der Waals surface area contributed by atoms with Gasteiger partial charge in [-0.15, -0.1) is 16.4 Å². The molecule has 1 saturated heterocycles. The van der Waals surface area contributed by atoms with E-state index in [2.05, 4.69) is 20.9 Å². The first-order valence-electron chi connectivity index (χ1n) is 7.93. The van der Waals surface area contributed by atoms with Gasteiger partial charge in [0.05, 0.1) is 17.6 Å². The minimum absolute atomic E-state index is 0.230. The third-order valence-electron chi connectivity index (χ3n) is 4.29. The number of fused-ring (bicyclic) bond motifs is 1. The minimum Gasteiger partial charge on any atom is -0.497 e. The molecule has 0 amide bonds. The number of hydrogen-bond donors (Lipinski definition) is 2. The van der Waals surface area contributed by atoms with Gasteiger partial charge in [0.2, 0.25) is 0 Å². The van der Waals surface area contributed by atoms with Gasteiger partial charge in [0.1, 0.15) is 16.6 Å². The number of benzene rings is 1. The van der Waals surface area contributed by atoms with Crippen LogP contribution in [0.4, 0.5) is 0 Å². The zero-order chi connectivity index (χ0) is 16.5. The van der Waals surface area contributed by atoms with Crippen molar-refractivity contribution in [1.29, 1.82) is 0 Å². The zero-order valence-corrected chi connectivity index (χ0v) is 14.8. The Labute approximate surface area is 148 Å². The third-order valence-corrected chi connectivity index (χ3v) is 5.57. The lowest BCUT2D eigenvalue weighted by Crippen LogP contribution is -2.34. The molecular formula is C17H18ClN3O2S. The monoisotopic (exact) mass is 363 g/mol. The summed E-state index contributed by atoms with van der Waals surface area (Å²) in [5, 5.41) is 13.6. The topological polar surface area (TPSA) is 59.2 Å². The normalized spacial score (nSPS) is 15.8. The minimum atomic E-state index is 0.230. The fraction of sp³-hybridized carbons (Fsp3) is 0.353. The van der Waals surface area contributed by atoms with Crippen LogP contribution in [-0.2, 0) is 0 Å². The van der Waals surface area contributed by atoms with Gasteiger partial charge in [0.15, 0.2) is 0 Å². The Morgan fingerprint density at radius 2 is 2.08 bits per heavy atom. The molecule has 0 spiro atoms. The fourth-order valence-electron chi connectivity index (χ4n) is 2.97. The van der Waals surface area contributed by atoms with Crippen molar-refractivity contribution >= 4 is 33.2 Å². The second kappa shape index (κ2) is 6.63. The number of H-pyrrole nitrogens is 1. The van der Waals surface area contributed by atoms with Crippen molar-refractivity contribution in [3.63, 3.8) is 0 Å². The molecule has 0 radical (unpaired) electrons. The molecule has 0 atom stereocenters. The van der Waals surface area contributed by atoms with Crippen LogP contribution in [0.3, 0.4) is 0 Å². The number of nitrogens with one attached hydrogen (secondary N) is 2. The number of piperidine rings is 1. The fourth-order valence-corrected chi connectivity index (χ4v) is 4.20. The Hall–Kier alpha value is -1.76. The highest BCUT2D eigenvalue weighted by Crippen LogP contribution is 2.41. The zero-order valence-electron chi connectivity index (χ0n) is 13.3. The molecular weight excluding hydrogens is 346 g/mol. The van der Waals surface area contributed by atoms with Gasteiger partial charge >= 0.3 is 0 Å². The molecule has 126 valence electrons. The maximum absolute atomic E-state index is 6.41. The summed E-state index contributed by atoms with van der Waals surface area (Å²) in [6.07, 6.45) is 2.25. The van der Waals surface area contributed by atoms with E-state index in [9.17, 15) is 0 Å². The van der Waals surface area contributed by atoms with Gasteiger partial charge in [0.25, 0.3) is 5.88 Å². The number of nitrogens with zero attached hydrogens (tertiary/aromatic N) is 1. The van der Waals surface area contributed by atoms with Crippen LogP contribution in [0, 0.1) is 0 Å². The molecule has 5 nitrogen and oxygen atoms in total. The standard InChI is InChI=1S/C17H18ClN3O2S/c1-22-11-2-3-12(14(18)8-11)13-9-24-16-15(13)20-21-17(16)23-10-4-6-19-7-5-10/h2-3,8-10,19H,4-7H2,1H3,(H,20,21).